The molecular formula is C18H22N2O4. The van der Waals surface area contributed by atoms with E-state index in [1.807, 2.05) is 31.7 Å². The third-order valence-corrected chi connectivity index (χ3v) is 4.43. The number of non-ortho nitro benzene ring substituents is 1. The highest BCUT2D eigenvalue weighted by molar-refractivity contribution is 5.75. The van der Waals surface area contributed by atoms with E-state index in [1.54, 1.807) is 12.1 Å². The summed E-state index contributed by atoms with van der Waals surface area (Å²) in [6.07, 6.45) is 4.33. The molecule has 0 N–H and O–H groups in total. The average Bonchev–Trinajstić information content (AvgIpc) is 2.76. The van der Waals surface area contributed by atoms with E-state index in [2.05, 4.69) is 6.08 Å². The maximum absolute atomic E-state index is 12.4. The van der Waals surface area contributed by atoms with Crippen molar-refractivity contribution < 1.29 is 14.5 Å². The van der Waals surface area contributed by atoms with Crippen LogP contribution >= 0.6 is 0 Å². The Balaban J connectivity index is 1.83. The molecule has 0 spiro atoms. The van der Waals surface area contributed by atoms with Gasteiger partial charge < -0.3 is 4.74 Å². The number of nitro groups is 1. The zero-order chi connectivity index (χ0) is 17.5. The minimum absolute atomic E-state index is 0.00728. The Hall–Kier alpha value is -2.37. The molecule has 2 aliphatic heterocycles. The molecule has 6 nitrogen and oxygen atoms in total. The summed E-state index contributed by atoms with van der Waals surface area (Å²) in [5, 5.41) is 11.0. The number of ether oxygens (including phenoxy) is 1. The van der Waals surface area contributed by atoms with E-state index in [9.17, 15) is 14.9 Å². The number of carbonyl (C=O) groups is 1. The van der Waals surface area contributed by atoms with E-state index in [4.69, 9.17) is 4.74 Å². The van der Waals surface area contributed by atoms with E-state index in [-0.39, 0.29) is 28.8 Å². The molecule has 1 saturated heterocycles. The zero-order valence-electron chi connectivity index (χ0n) is 14.2. The van der Waals surface area contributed by atoms with Gasteiger partial charge in [0, 0.05) is 18.2 Å². The second kappa shape index (κ2) is 5.92. The topological polar surface area (TPSA) is 72.7 Å². The minimum atomic E-state index is -0.513. The number of carbonyl (C=O) groups excluding carboxylic acids is 1. The summed E-state index contributed by atoms with van der Waals surface area (Å²) in [5.41, 5.74) is 1.52. The molecule has 1 amide bonds. The highest BCUT2D eigenvalue weighted by Gasteiger charge is 2.41. The molecule has 0 aromatic heterocycles. The predicted octanol–water partition coefficient (Wildman–Crippen LogP) is 4.15. The van der Waals surface area contributed by atoms with Crippen LogP contribution in [0.1, 0.15) is 45.6 Å². The lowest BCUT2D eigenvalue weighted by Crippen LogP contribution is -2.45. The Bertz CT molecular complexity index is 705. The van der Waals surface area contributed by atoms with Crippen molar-refractivity contribution in [2.24, 2.45) is 0 Å². The van der Waals surface area contributed by atoms with E-state index < -0.39 is 5.60 Å². The fourth-order valence-corrected chi connectivity index (χ4v) is 3.46. The van der Waals surface area contributed by atoms with E-state index in [1.165, 1.54) is 6.07 Å². The van der Waals surface area contributed by atoms with Crippen LogP contribution in [0, 0.1) is 10.1 Å². The van der Waals surface area contributed by atoms with Gasteiger partial charge in [-0.3, -0.25) is 15.0 Å². The Morgan fingerprint density at radius 2 is 2.08 bits per heavy atom. The van der Waals surface area contributed by atoms with Crippen molar-refractivity contribution in [2.75, 3.05) is 0 Å². The average molecular weight is 330 g/mol. The van der Waals surface area contributed by atoms with Gasteiger partial charge in [-0.25, -0.2) is 4.79 Å². The Morgan fingerprint density at radius 3 is 2.71 bits per heavy atom. The lowest BCUT2D eigenvalue weighted by molar-refractivity contribution is -0.384. The Kier molecular flexibility index (Phi) is 4.07. The van der Waals surface area contributed by atoms with Gasteiger partial charge in [0.2, 0.25) is 0 Å². The summed E-state index contributed by atoms with van der Waals surface area (Å²) in [5.74, 6) is 0. The van der Waals surface area contributed by atoms with Crippen LogP contribution in [0.3, 0.4) is 0 Å². The number of amides is 1. The molecule has 0 aliphatic carbocycles. The first-order valence-corrected chi connectivity index (χ1v) is 8.21. The number of benzene rings is 1. The van der Waals surface area contributed by atoms with Crippen molar-refractivity contribution in [1.29, 1.82) is 0 Å². The lowest BCUT2D eigenvalue weighted by atomic mass is 9.94. The van der Waals surface area contributed by atoms with Gasteiger partial charge in [0.1, 0.15) is 5.60 Å². The van der Waals surface area contributed by atoms with Gasteiger partial charge in [0.05, 0.1) is 11.0 Å². The molecule has 1 aromatic carbocycles. The van der Waals surface area contributed by atoms with Crippen LogP contribution in [-0.2, 0) is 4.74 Å². The van der Waals surface area contributed by atoms with Crippen LogP contribution in [0.5, 0.6) is 0 Å². The monoisotopic (exact) mass is 330 g/mol. The van der Waals surface area contributed by atoms with Crippen LogP contribution in [0.25, 0.3) is 5.57 Å². The molecular weight excluding hydrogens is 308 g/mol. The smallest absolute Gasteiger partial charge is 0.411 e. The highest BCUT2D eigenvalue weighted by Crippen LogP contribution is 2.39. The zero-order valence-corrected chi connectivity index (χ0v) is 14.2. The standard InChI is InChI=1S/C18H22N2O4/c1-18(2,3)24-17(21)19-14-7-8-15(19)11-13(10-14)12-5-4-6-16(9-12)20(22)23/h4-6,9-10,14-15H,7-8,11H2,1-3H3. The SMILES string of the molecule is CC(C)(C)OC(=O)N1C2C=C(c3cccc([N+](=O)[O-])c3)CC1CC2. The summed E-state index contributed by atoms with van der Waals surface area (Å²) >= 11 is 0. The van der Waals surface area contributed by atoms with Crippen molar-refractivity contribution in [2.45, 2.75) is 57.7 Å². The number of hydrogen-bond acceptors (Lipinski definition) is 4. The van der Waals surface area contributed by atoms with Crippen molar-refractivity contribution in [3.05, 3.63) is 46.0 Å². The van der Waals surface area contributed by atoms with Crippen molar-refractivity contribution in [1.82, 2.24) is 4.90 Å². The molecule has 1 aromatic rings. The third kappa shape index (κ3) is 3.27. The van der Waals surface area contributed by atoms with Gasteiger partial charge >= 0.3 is 6.09 Å². The molecule has 24 heavy (non-hydrogen) atoms. The highest BCUT2D eigenvalue weighted by atomic mass is 16.6. The Morgan fingerprint density at radius 1 is 1.33 bits per heavy atom. The molecule has 6 heteroatoms. The van der Waals surface area contributed by atoms with E-state index >= 15 is 0 Å². The van der Waals surface area contributed by atoms with E-state index in [0.717, 1.165) is 24.0 Å². The van der Waals surface area contributed by atoms with Gasteiger partial charge in [-0.15, -0.1) is 0 Å². The van der Waals surface area contributed by atoms with Gasteiger partial charge in [-0.05, 0) is 51.2 Å². The maximum atomic E-state index is 12.4. The molecule has 0 saturated carbocycles. The lowest BCUT2D eigenvalue weighted by Gasteiger charge is -2.35. The fraction of sp³-hybridized carbons (Fsp3) is 0.500. The second-order valence-corrected chi connectivity index (χ2v) is 7.39. The van der Waals surface area contributed by atoms with Gasteiger partial charge in [0.25, 0.3) is 5.69 Å². The first kappa shape index (κ1) is 16.5. The number of nitrogens with zero attached hydrogens (tertiary/aromatic N) is 2. The van der Waals surface area contributed by atoms with Crippen molar-refractivity contribution in [3.63, 3.8) is 0 Å². The first-order valence-electron chi connectivity index (χ1n) is 8.21. The largest absolute Gasteiger partial charge is 0.444 e. The summed E-state index contributed by atoms with van der Waals surface area (Å²) in [6.45, 7) is 5.59. The fourth-order valence-electron chi connectivity index (χ4n) is 3.46. The van der Waals surface area contributed by atoms with Crippen molar-refractivity contribution in [3.8, 4) is 0 Å². The molecule has 3 rings (SSSR count). The van der Waals surface area contributed by atoms with Crippen LogP contribution in [-0.4, -0.2) is 33.6 Å². The van der Waals surface area contributed by atoms with Crippen LogP contribution < -0.4 is 0 Å². The molecule has 2 heterocycles. The van der Waals surface area contributed by atoms with Crippen molar-refractivity contribution >= 4 is 17.4 Å². The van der Waals surface area contributed by atoms with Crippen LogP contribution in [0.15, 0.2) is 30.3 Å². The second-order valence-electron chi connectivity index (χ2n) is 7.39. The number of nitro benzene ring substituents is 1. The number of fused-ring (bicyclic) bond motifs is 2. The number of hydrogen-bond donors (Lipinski definition) is 0. The summed E-state index contributed by atoms with van der Waals surface area (Å²) in [7, 11) is 0. The van der Waals surface area contributed by atoms with Gasteiger partial charge in [-0.1, -0.05) is 18.2 Å². The molecule has 128 valence electrons. The summed E-state index contributed by atoms with van der Waals surface area (Å²) in [4.78, 5) is 24.9. The normalized spacial score (nSPS) is 23.0. The summed E-state index contributed by atoms with van der Waals surface area (Å²) in [6, 6.07) is 6.80. The van der Waals surface area contributed by atoms with Crippen LogP contribution in [0.2, 0.25) is 0 Å². The molecule has 2 unspecified atom stereocenters. The quantitative estimate of drug-likeness (QED) is 0.603. The molecule has 0 radical (unpaired) electrons. The minimum Gasteiger partial charge on any atom is -0.444 e. The predicted molar refractivity (Wildman–Crippen MR) is 90.6 cm³/mol. The van der Waals surface area contributed by atoms with Crippen LogP contribution in [0.4, 0.5) is 10.5 Å². The maximum Gasteiger partial charge on any atom is 0.411 e. The molecule has 2 bridgehead atoms. The molecule has 2 atom stereocenters. The van der Waals surface area contributed by atoms with Gasteiger partial charge in [-0.2, -0.15) is 0 Å². The molecule has 2 aliphatic rings. The molecule has 1 fully saturated rings. The number of rotatable bonds is 2. The van der Waals surface area contributed by atoms with Gasteiger partial charge in [0.15, 0.2) is 0 Å². The first-order chi connectivity index (χ1) is 11.2. The third-order valence-electron chi connectivity index (χ3n) is 4.43. The van der Waals surface area contributed by atoms with E-state index in [0.29, 0.717) is 6.42 Å². The summed E-state index contributed by atoms with van der Waals surface area (Å²) < 4.78 is 5.52. The Labute approximate surface area is 141 Å².